The van der Waals surface area contributed by atoms with Gasteiger partial charge in [0.15, 0.2) is 10.3 Å². The summed E-state index contributed by atoms with van der Waals surface area (Å²) in [6.07, 6.45) is 1.19. The molecule has 0 aliphatic rings. The molecule has 0 saturated heterocycles. The van der Waals surface area contributed by atoms with Gasteiger partial charge in [0.25, 0.3) is 10.3 Å². The van der Waals surface area contributed by atoms with Crippen LogP contribution in [0.4, 0.5) is 0 Å². The van der Waals surface area contributed by atoms with Gasteiger partial charge in [-0.25, -0.2) is 0 Å². The second-order valence-electron chi connectivity index (χ2n) is 1.76. The van der Waals surface area contributed by atoms with Gasteiger partial charge < -0.3 is 0 Å². The maximum absolute atomic E-state index is 2.21. The molecule has 0 atom stereocenters. The summed E-state index contributed by atoms with van der Waals surface area (Å²) in [7, 11) is 3.72. The van der Waals surface area contributed by atoms with Crippen molar-refractivity contribution in [1.29, 1.82) is 0 Å². The van der Waals surface area contributed by atoms with Crippen molar-refractivity contribution in [3.05, 3.63) is 15.8 Å². The van der Waals surface area contributed by atoms with Gasteiger partial charge in [-0.15, -0.1) is 0 Å². The van der Waals surface area contributed by atoms with E-state index in [9.17, 15) is 0 Å². The highest BCUT2D eigenvalue weighted by Gasteiger charge is 2.04. The van der Waals surface area contributed by atoms with Crippen molar-refractivity contribution in [3.8, 4) is 0 Å². The molecule has 0 spiro atoms. The first-order valence-corrected chi connectivity index (χ1v) is 4.92. The van der Waals surface area contributed by atoms with Crippen LogP contribution in [-0.2, 0) is 6.42 Å². The molecular formula is C6H9S2+. The second kappa shape index (κ2) is 2.55. The molecule has 0 amide bonds. The Balaban J connectivity index is 2.92. The molecule has 0 N–H and O–H groups in total. The van der Waals surface area contributed by atoms with E-state index < -0.39 is 0 Å². The lowest BCUT2D eigenvalue weighted by molar-refractivity contribution is 1.16. The molecule has 1 rings (SSSR count). The maximum atomic E-state index is 2.21. The maximum Gasteiger partial charge on any atom is 0.292 e. The molecule has 0 nitrogen and oxygen atoms in total. The van der Waals surface area contributed by atoms with Crippen LogP contribution in [0.3, 0.4) is 0 Å². The van der Waals surface area contributed by atoms with Crippen LogP contribution in [0.25, 0.3) is 0 Å². The van der Waals surface area contributed by atoms with Crippen LogP contribution in [-0.4, -0.2) is 0 Å². The molecule has 0 aromatic carbocycles. The fourth-order valence-corrected chi connectivity index (χ4v) is 3.13. The summed E-state index contributed by atoms with van der Waals surface area (Å²) in [5, 5.41) is 2.21. The van der Waals surface area contributed by atoms with Gasteiger partial charge in [0.2, 0.25) is 5.38 Å². The Morgan fingerprint density at radius 1 is 1.75 bits per heavy atom. The summed E-state index contributed by atoms with van der Waals surface area (Å²) < 4.78 is 0. The van der Waals surface area contributed by atoms with Gasteiger partial charge in [-0.1, -0.05) is 6.92 Å². The van der Waals surface area contributed by atoms with Crippen molar-refractivity contribution in [2.24, 2.45) is 0 Å². The van der Waals surface area contributed by atoms with E-state index in [4.69, 9.17) is 0 Å². The Labute approximate surface area is 57.2 Å². The Morgan fingerprint density at radius 2 is 2.50 bits per heavy atom. The lowest BCUT2D eigenvalue weighted by Crippen LogP contribution is -1.72. The minimum atomic E-state index is 1.19. The van der Waals surface area contributed by atoms with Crippen molar-refractivity contribution < 1.29 is 0 Å². The predicted molar refractivity (Wildman–Crippen MR) is 40.7 cm³/mol. The predicted octanol–water partition coefficient (Wildman–Crippen LogP) is 2.96. The van der Waals surface area contributed by atoms with E-state index in [1.807, 2.05) is 20.7 Å². The van der Waals surface area contributed by atoms with Crippen LogP contribution >= 0.6 is 20.7 Å². The quantitative estimate of drug-likeness (QED) is 0.421. The van der Waals surface area contributed by atoms with E-state index >= 15 is 0 Å². The van der Waals surface area contributed by atoms with E-state index in [2.05, 4.69) is 19.2 Å². The van der Waals surface area contributed by atoms with Crippen LogP contribution in [0.15, 0.2) is 5.38 Å². The normalized spacial score (nSPS) is 9.75. The molecule has 0 aliphatic carbocycles. The van der Waals surface area contributed by atoms with Crippen LogP contribution < -0.4 is 0 Å². The molecule has 0 saturated carbocycles. The summed E-state index contributed by atoms with van der Waals surface area (Å²) >= 11 is 0. The monoisotopic (exact) mass is 145 g/mol. The average molecular weight is 145 g/mol. The SMILES string of the molecule is CCc1s[s+]cc1C. The van der Waals surface area contributed by atoms with Gasteiger partial charge in [0.05, 0.1) is 4.88 Å². The standard InChI is InChI=1S/C6H9S2/c1-3-6-5(2)4-7-8-6/h4H,3H2,1-2H3/q+1. The first-order valence-electron chi connectivity index (χ1n) is 2.71. The van der Waals surface area contributed by atoms with E-state index in [0.29, 0.717) is 0 Å². The highest BCUT2D eigenvalue weighted by molar-refractivity contribution is 7.68. The Kier molecular flexibility index (Phi) is 1.97. The van der Waals surface area contributed by atoms with E-state index in [-0.39, 0.29) is 0 Å². The van der Waals surface area contributed by atoms with E-state index in [0.717, 1.165) is 0 Å². The lowest BCUT2D eigenvalue weighted by Gasteiger charge is -1.80. The van der Waals surface area contributed by atoms with Crippen molar-refractivity contribution in [1.82, 2.24) is 0 Å². The smallest absolute Gasteiger partial charge is 0.0603 e. The highest BCUT2D eigenvalue weighted by atomic mass is 32.9. The number of aryl methyl sites for hydroxylation is 2. The van der Waals surface area contributed by atoms with Gasteiger partial charge >= 0.3 is 0 Å². The fraction of sp³-hybridized carbons (Fsp3) is 0.500. The highest BCUT2D eigenvalue weighted by Crippen LogP contribution is 2.20. The van der Waals surface area contributed by atoms with Gasteiger partial charge in [-0.3, -0.25) is 0 Å². The van der Waals surface area contributed by atoms with Crippen LogP contribution in [0, 0.1) is 6.92 Å². The molecule has 0 fully saturated rings. The molecule has 0 radical (unpaired) electrons. The van der Waals surface area contributed by atoms with Crippen LogP contribution in [0.2, 0.25) is 0 Å². The average Bonchev–Trinajstić information content (AvgIpc) is 2.14. The fourth-order valence-electron chi connectivity index (χ4n) is 0.624. The molecule has 8 heavy (non-hydrogen) atoms. The van der Waals surface area contributed by atoms with Crippen molar-refractivity contribution >= 4 is 20.7 Å². The van der Waals surface area contributed by atoms with Crippen molar-refractivity contribution in [3.63, 3.8) is 0 Å². The van der Waals surface area contributed by atoms with E-state index in [1.165, 1.54) is 16.9 Å². The molecule has 1 aromatic rings. The summed E-state index contributed by atoms with van der Waals surface area (Å²) in [6, 6.07) is 0. The third-order valence-corrected chi connectivity index (χ3v) is 3.67. The summed E-state index contributed by atoms with van der Waals surface area (Å²) in [5.74, 6) is 0. The van der Waals surface area contributed by atoms with Gasteiger partial charge in [-0.2, -0.15) is 0 Å². The van der Waals surface area contributed by atoms with Gasteiger partial charge in [0.1, 0.15) is 0 Å². The van der Waals surface area contributed by atoms with Crippen molar-refractivity contribution in [2.45, 2.75) is 20.3 Å². The Morgan fingerprint density at radius 3 is 2.75 bits per heavy atom. The largest absolute Gasteiger partial charge is 0.292 e. The second-order valence-corrected chi connectivity index (χ2v) is 3.92. The number of rotatable bonds is 1. The lowest BCUT2D eigenvalue weighted by atomic mass is 10.3. The minimum Gasteiger partial charge on any atom is -0.0603 e. The van der Waals surface area contributed by atoms with Gasteiger partial charge in [0, 0.05) is 5.56 Å². The summed E-state index contributed by atoms with van der Waals surface area (Å²) in [6.45, 7) is 4.37. The summed E-state index contributed by atoms with van der Waals surface area (Å²) in [5.41, 5.74) is 1.46. The molecular weight excluding hydrogens is 136 g/mol. The molecule has 0 unspecified atom stereocenters. The molecule has 1 aromatic heterocycles. The zero-order chi connectivity index (χ0) is 5.98. The molecule has 44 valence electrons. The van der Waals surface area contributed by atoms with Gasteiger partial charge in [-0.05, 0) is 13.3 Å². The first-order chi connectivity index (χ1) is 3.84. The number of hydrogen-bond donors (Lipinski definition) is 0. The zero-order valence-corrected chi connectivity index (χ0v) is 6.73. The molecule has 1 heterocycles. The van der Waals surface area contributed by atoms with E-state index in [1.54, 1.807) is 0 Å². The molecule has 0 bridgehead atoms. The molecule has 0 aliphatic heterocycles. The van der Waals surface area contributed by atoms with Crippen LogP contribution in [0.5, 0.6) is 0 Å². The number of hydrogen-bond acceptors (Lipinski definition) is 1. The first kappa shape index (κ1) is 6.17. The Bertz CT molecular complexity index is 167. The third kappa shape index (κ3) is 1.06. The minimum absolute atomic E-state index is 1.19. The van der Waals surface area contributed by atoms with Crippen LogP contribution in [0.1, 0.15) is 17.4 Å². The summed E-state index contributed by atoms with van der Waals surface area (Å²) in [4.78, 5) is 1.54. The third-order valence-electron chi connectivity index (χ3n) is 1.13. The Hall–Kier alpha value is 0.0500. The van der Waals surface area contributed by atoms with Crippen molar-refractivity contribution in [2.75, 3.05) is 0 Å². The zero-order valence-electron chi connectivity index (χ0n) is 5.10. The topological polar surface area (TPSA) is 0 Å². The molecule has 2 heteroatoms.